The fourth-order valence-electron chi connectivity index (χ4n) is 1.02. The zero-order valence-corrected chi connectivity index (χ0v) is 8.52. The second-order valence-corrected chi connectivity index (χ2v) is 4.30. The largest absolute Gasteiger partial charge is 0.445 e. The summed E-state index contributed by atoms with van der Waals surface area (Å²) in [5, 5.41) is 6.27. The molecule has 1 atom stereocenters. The molecule has 0 radical (unpaired) electrons. The summed E-state index contributed by atoms with van der Waals surface area (Å²) in [4.78, 5) is 11.4. The van der Waals surface area contributed by atoms with E-state index in [2.05, 4.69) is 10.6 Å². The Hall–Kier alpha value is -0.610. The lowest BCUT2D eigenvalue weighted by Crippen LogP contribution is -2.51. The van der Waals surface area contributed by atoms with Gasteiger partial charge in [0.05, 0.1) is 5.41 Å². The van der Waals surface area contributed by atoms with Gasteiger partial charge in [-0.05, 0) is 20.8 Å². The maximum atomic E-state index is 11.4. The second kappa shape index (κ2) is 4.07. The van der Waals surface area contributed by atoms with Crippen LogP contribution in [0, 0.1) is 5.41 Å². The number of piperazine rings is 1. The SMILES string of the molecule is CC(C)(C)C(=O)OC1CNCCN1. The van der Waals surface area contributed by atoms with Crippen molar-refractivity contribution in [1.29, 1.82) is 0 Å². The Bertz CT molecular complexity index is 181. The molecule has 13 heavy (non-hydrogen) atoms. The fraction of sp³-hybridized carbons (Fsp3) is 0.889. The number of hydrogen-bond donors (Lipinski definition) is 2. The van der Waals surface area contributed by atoms with Gasteiger partial charge in [-0.2, -0.15) is 0 Å². The standard InChI is InChI=1S/C9H18N2O2/c1-9(2,3)8(12)13-7-6-10-4-5-11-7/h7,10-11H,4-6H2,1-3H3. The zero-order valence-electron chi connectivity index (χ0n) is 8.52. The third-order valence-corrected chi connectivity index (χ3v) is 1.87. The van der Waals surface area contributed by atoms with Gasteiger partial charge in [0.15, 0.2) is 6.23 Å². The van der Waals surface area contributed by atoms with Gasteiger partial charge in [0, 0.05) is 19.6 Å². The molecule has 1 fully saturated rings. The quantitative estimate of drug-likeness (QED) is 0.570. The van der Waals surface area contributed by atoms with E-state index in [1.807, 2.05) is 20.8 Å². The molecule has 0 amide bonds. The molecule has 1 aliphatic heterocycles. The average Bonchev–Trinajstić information content (AvgIpc) is 2.04. The monoisotopic (exact) mass is 186 g/mol. The molecule has 1 unspecified atom stereocenters. The molecule has 1 aliphatic rings. The third kappa shape index (κ3) is 3.32. The molecule has 1 saturated heterocycles. The van der Waals surface area contributed by atoms with Crippen molar-refractivity contribution in [1.82, 2.24) is 10.6 Å². The number of rotatable bonds is 1. The van der Waals surface area contributed by atoms with Crippen molar-refractivity contribution >= 4 is 5.97 Å². The van der Waals surface area contributed by atoms with Crippen molar-refractivity contribution < 1.29 is 9.53 Å². The first-order valence-electron chi connectivity index (χ1n) is 4.65. The van der Waals surface area contributed by atoms with Crippen molar-refractivity contribution in [2.75, 3.05) is 19.6 Å². The van der Waals surface area contributed by atoms with Crippen molar-refractivity contribution in [3.63, 3.8) is 0 Å². The minimum atomic E-state index is -0.418. The number of esters is 1. The van der Waals surface area contributed by atoms with E-state index in [0.29, 0.717) is 6.54 Å². The predicted octanol–water partition coefficient (Wildman–Crippen LogP) is 0.0946. The van der Waals surface area contributed by atoms with Crippen LogP contribution in [0.4, 0.5) is 0 Å². The Kier molecular flexibility index (Phi) is 3.27. The van der Waals surface area contributed by atoms with Crippen LogP contribution in [-0.2, 0) is 9.53 Å². The molecule has 76 valence electrons. The summed E-state index contributed by atoms with van der Waals surface area (Å²) < 4.78 is 5.24. The maximum Gasteiger partial charge on any atom is 0.312 e. The predicted molar refractivity (Wildman–Crippen MR) is 50.2 cm³/mol. The van der Waals surface area contributed by atoms with Crippen LogP contribution in [-0.4, -0.2) is 31.8 Å². The summed E-state index contributed by atoms with van der Waals surface area (Å²) in [6.07, 6.45) is -0.166. The van der Waals surface area contributed by atoms with Crippen LogP contribution in [0.5, 0.6) is 0 Å². The van der Waals surface area contributed by atoms with Gasteiger partial charge in [-0.15, -0.1) is 0 Å². The number of hydrogen-bond acceptors (Lipinski definition) is 4. The van der Waals surface area contributed by atoms with E-state index in [1.54, 1.807) is 0 Å². The molecule has 1 rings (SSSR count). The molecular weight excluding hydrogens is 168 g/mol. The van der Waals surface area contributed by atoms with Crippen LogP contribution >= 0.6 is 0 Å². The van der Waals surface area contributed by atoms with E-state index >= 15 is 0 Å². The van der Waals surface area contributed by atoms with Crippen LogP contribution in [0.3, 0.4) is 0 Å². The van der Waals surface area contributed by atoms with E-state index in [1.165, 1.54) is 0 Å². The first-order valence-corrected chi connectivity index (χ1v) is 4.65. The Morgan fingerprint density at radius 3 is 2.54 bits per heavy atom. The lowest BCUT2D eigenvalue weighted by molar-refractivity contribution is -0.160. The normalized spacial score (nSPS) is 24.1. The Balaban J connectivity index is 2.35. The lowest BCUT2D eigenvalue weighted by atomic mass is 9.97. The fourth-order valence-corrected chi connectivity index (χ4v) is 1.02. The van der Waals surface area contributed by atoms with Gasteiger partial charge in [-0.1, -0.05) is 0 Å². The summed E-state index contributed by atoms with van der Waals surface area (Å²) in [6.45, 7) is 8.04. The molecular formula is C9H18N2O2. The van der Waals surface area contributed by atoms with Gasteiger partial charge in [-0.3, -0.25) is 10.1 Å². The molecule has 2 N–H and O–H groups in total. The molecule has 4 heteroatoms. The van der Waals surface area contributed by atoms with Gasteiger partial charge in [0.2, 0.25) is 0 Å². The van der Waals surface area contributed by atoms with Crippen LogP contribution in [0.1, 0.15) is 20.8 Å². The van der Waals surface area contributed by atoms with Crippen LogP contribution < -0.4 is 10.6 Å². The van der Waals surface area contributed by atoms with Crippen LogP contribution in [0.2, 0.25) is 0 Å². The van der Waals surface area contributed by atoms with Crippen molar-refractivity contribution in [2.45, 2.75) is 27.0 Å². The van der Waals surface area contributed by atoms with Crippen LogP contribution in [0.25, 0.3) is 0 Å². The van der Waals surface area contributed by atoms with Gasteiger partial charge in [-0.25, -0.2) is 0 Å². The summed E-state index contributed by atoms with van der Waals surface area (Å²) in [5.74, 6) is -0.159. The van der Waals surface area contributed by atoms with E-state index in [0.717, 1.165) is 13.1 Å². The average molecular weight is 186 g/mol. The van der Waals surface area contributed by atoms with E-state index in [-0.39, 0.29) is 12.2 Å². The Morgan fingerprint density at radius 1 is 1.38 bits per heavy atom. The van der Waals surface area contributed by atoms with Crippen LogP contribution in [0.15, 0.2) is 0 Å². The van der Waals surface area contributed by atoms with Crippen molar-refractivity contribution in [3.05, 3.63) is 0 Å². The smallest absolute Gasteiger partial charge is 0.312 e. The molecule has 0 aromatic carbocycles. The molecule has 0 spiro atoms. The highest BCUT2D eigenvalue weighted by Gasteiger charge is 2.26. The highest BCUT2D eigenvalue weighted by Crippen LogP contribution is 2.15. The number of ether oxygens (including phenoxy) is 1. The van der Waals surface area contributed by atoms with E-state index in [4.69, 9.17) is 4.74 Å². The number of carbonyl (C=O) groups excluding carboxylic acids is 1. The maximum absolute atomic E-state index is 11.4. The first kappa shape index (κ1) is 10.5. The Labute approximate surface area is 79.0 Å². The van der Waals surface area contributed by atoms with E-state index in [9.17, 15) is 4.79 Å². The zero-order chi connectivity index (χ0) is 9.90. The molecule has 0 bridgehead atoms. The Morgan fingerprint density at radius 2 is 2.08 bits per heavy atom. The van der Waals surface area contributed by atoms with Gasteiger partial charge in [0.25, 0.3) is 0 Å². The summed E-state index contributed by atoms with van der Waals surface area (Å²) in [5.41, 5.74) is -0.418. The number of nitrogens with one attached hydrogen (secondary N) is 2. The highest BCUT2D eigenvalue weighted by atomic mass is 16.6. The van der Waals surface area contributed by atoms with Gasteiger partial charge in [0.1, 0.15) is 0 Å². The molecule has 0 aromatic rings. The molecule has 0 aliphatic carbocycles. The number of carbonyl (C=O) groups is 1. The minimum Gasteiger partial charge on any atom is -0.445 e. The lowest BCUT2D eigenvalue weighted by Gasteiger charge is -2.27. The molecule has 0 saturated carbocycles. The van der Waals surface area contributed by atoms with Gasteiger partial charge < -0.3 is 10.1 Å². The molecule has 4 nitrogen and oxygen atoms in total. The minimum absolute atomic E-state index is 0.159. The highest BCUT2D eigenvalue weighted by molar-refractivity contribution is 5.75. The summed E-state index contributed by atoms with van der Waals surface area (Å²) in [7, 11) is 0. The summed E-state index contributed by atoms with van der Waals surface area (Å²) in [6, 6.07) is 0. The topological polar surface area (TPSA) is 50.4 Å². The first-order chi connectivity index (χ1) is 6.00. The molecule has 0 aromatic heterocycles. The summed E-state index contributed by atoms with van der Waals surface area (Å²) >= 11 is 0. The third-order valence-electron chi connectivity index (χ3n) is 1.87. The van der Waals surface area contributed by atoms with Gasteiger partial charge >= 0.3 is 5.97 Å². The van der Waals surface area contributed by atoms with E-state index < -0.39 is 5.41 Å². The van der Waals surface area contributed by atoms with Crippen molar-refractivity contribution in [2.24, 2.45) is 5.41 Å². The second-order valence-electron chi connectivity index (χ2n) is 4.30. The van der Waals surface area contributed by atoms with Crippen molar-refractivity contribution in [3.8, 4) is 0 Å². The molecule has 1 heterocycles.